The van der Waals surface area contributed by atoms with Gasteiger partial charge in [-0.1, -0.05) is 49.2 Å². The molecule has 1 atom stereocenters. The molecule has 4 rings (SSSR count). The van der Waals surface area contributed by atoms with Gasteiger partial charge in [0.15, 0.2) is 0 Å². The van der Waals surface area contributed by atoms with Gasteiger partial charge in [-0.15, -0.1) is 0 Å². The molecule has 1 unspecified atom stereocenters. The predicted octanol–water partition coefficient (Wildman–Crippen LogP) is 4.69. The lowest BCUT2D eigenvalue weighted by Crippen LogP contribution is -2.43. The molecule has 1 heterocycles. The number of hydrogen-bond donors (Lipinski definition) is 5. The number of nitrogens with zero attached hydrogens (tertiary/aromatic N) is 1. The van der Waals surface area contributed by atoms with E-state index in [0.29, 0.717) is 16.8 Å². The van der Waals surface area contributed by atoms with Crippen molar-refractivity contribution in [2.75, 3.05) is 0 Å². The molecule has 0 radical (unpaired) electrons. The Hall–Kier alpha value is -3.71. The van der Waals surface area contributed by atoms with Gasteiger partial charge >= 0.3 is 6.03 Å². The minimum Gasteiger partial charge on any atom is -0.508 e. The van der Waals surface area contributed by atoms with E-state index in [0.717, 1.165) is 42.4 Å². The van der Waals surface area contributed by atoms with Crippen LogP contribution in [0.1, 0.15) is 54.8 Å². The van der Waals surface area contributed by atoms with Crippen molar-refractivity contribution in [1.29, 1.82) is 5.41 Å². The average Bonchev–Trinajstić information content (AvgIpc) is 3.37. The van der Waals surface area contributed by atoms with Crippen molar-refractivity contribution >= 4 is 11.7 Å². The van der Waals surface area contributed by atoms with Crippen molar-refractivity contribution < 1.29 is 15.0 Å². The van der Waals surface area contributed by atoms with E-state index in [2.05, 4.69) is 15.6 Å². The Bertz CT molecular complexity index is 1140. The molecule has 3 aromatic rings. The first-order valence-electron chi connectivity index (χ1n) is 11.6. The third-order valence-corrected chi connectivity index (χ3v) is 6.32. The number of benzene rings is 2. The third-order valence-electron chi connectivity index (χ3n) is 6.32. The van der Waals surface area contributed by atoms with Gasteiger partial charge in [0.1, 0.15) is 5.75 Å². The fourth-order valence-electron chi connectivity index (χ4n) is 4.50. The maximum Gasteiger partial charge on any atom is 0.315 e. The van der Waals surface area contributed by atoms with E-state index in [1.54, 1.807) is 36.7 Å². The highest BCUT2D eigenvalue weighted by Crippen LogP contribution is 2.33. The molecular formula is C27H30N4O3. The molecule has 176 valence electrons. The van der Waals surface area contributed by atoms with E-state index in [4.69, 9.17) is 5.41 Å². The fraction of sp³-hybridized carbons (Fsp3) is 0.296. The normalized spacial score (nSPS) is 14.5. The van der Waals surface area contributed by atoms with Crippen molar-refractivity contribution in [3.8, 4) is 16.9 Å². The van der Waals surface area contributed by atoms with Gasteiger partial charge in [0.05, 0.1) is 12.6 Å². The molecule has 5 N–H and O–H groups in total. The monoisotopic (exact) mass is 458 g/mol. The van der Waals surface area contributed by atoms with Crippen LogP contribution in [-0.2, 0) is 6.61 Å². The quantitative estimate of drug-likeness (QED) is 0.315. The highest BCUT2D eigenvalue weighted by Gasteiger charge is 2.24. The van der Waals surface area contributed by atoms with Crippen LogP contribution in [0.15, 0.2) is 67.0 Å². The van der Waals surface area contributed by atoms with E-state index in [9.17, 15) is 15.0 Å². The van der Waals surface area contributed by atoms with Crippen molar-refractivity contribution in [1.82, 2.24) is 15.6 Å². The summed E-state index contributed by atoms with van der Waals surface area (Å²) in [7, 11) is 0. The molecule has 0 spiro atoms. The van der Waals surface area contributed by atoms with Gasteiger partial charge in [-0.25, -0.2) is 4.79 Å². The third kappa shape index (κ3) is 5.61. The Morgan fingerprint density at radius 2 is 1.91 bits per heavy atom. The smallest absolute Gasteiger partial charge is 0.315 e. The number of pyridine rings is 1. The largest absolute Gasteiger partial charge is 0.508 e. The van der Waals surface area contributed by atoms with Crippen LogP contribution in [0.25, 0.3) is 11.1 Å². The number of phenolic OH excluding ortho intramolecular Hbond substituents is 1. The number of hydrogen-bond acceptors (Lipinski definition) is 5. The lowest BCUT2D eigenvalue weighted by Gasteiger charge is -2.23. The van der Waals surface area contributed by atoms with Gasteiger partial charge in [-0.05, 0) is 47.7 Å². The SMILES string of the molecule is N=C(CC(NC(=O)NC1CCCC1)c1cc(-c2ccccc2CO)ccc1O)c1cccnc1. The Morgan fingerprint density at radius 1 is 1.12 bits per heavy atom. The van der Waals surface area contributed by atoms with Crippen LogP contribution >= 0.6 is 0 Å². The number of carbonyl (C=O) groups is 1. The second kappa shape index (κ2) is 10.9. The standard InChI is InChI=1S/C27H30N4O3/c28-24(19-7-5-13-29-16-19)15-25(31-27(34)30-21-8-2-3-9-21)23-14-18(11-12-26(23)33)22-10-4-1-6-20(22)17-32/h1,4-7,10-14,16,21,25,28,32-33H,2-3,8-9,15,17H2,(H2,30,31,34). The molecule has 1 fully saturated rings. The second-order valence-electron chi connectivity index (χ2n) is 8.66. The van der Waals surface area contributed by atoms with E-state index in [1.807, 2.05) is 30.3 Å². The number of rotatable bonds is 8. The summed E-state index contributed by atoms with van der Waals surface area (Å²) in [4.78, 5) is 16.9. The summed E-state index contributed by atoms with van der Waals surface area (Å²) in [6.45, 7) is -0.108. The number of phenols is 1. The van der Waals surface area contributed by atoms with Crippen LogP contribution in [0.5, 0.6) is 5.75 Å². The molecule has 7 heteroatoms. The topological polar surface area (TPSA) is 118 Å². The number of aromatic hydroxyl groups is 1. The van der Waals surface area contributed by atoms with E-state index >= 15 is 0 Å². The van der Waals surface area contributed by atoms with Gasteiger partial charge in [-0.2, -0.15) is 0 Å². The Kier molecular flexibility index (Phi) is 7.54. The Labute approximate surface area is 199 Å². The number of aliphatic hydroxyl groups excluding tert-OH is 1. The first-order valence-corrected chi connectivity index (χ1v) is 11.6. The minimum absolute atomic E-state index is 0.0374. The molecule has 0 aliphatic heterocycles. The maximum absolute atomic E-state index is 12.8. The summed E-state index contributed by atoms with van der Waals surface area (Å²) in [5.41, 5.74) is 3.91. The maximum atomic E-state index is 12.8. The highest BCUT2D eigenvalue weighted by molar-refractivity contribution is 5.98. The molecule has 1 saturated carbocycles. The number of nitrogens with one attached hydrogen (secondary N) is 3. The van der Waals surface area contributed by atoms with Crippen LogP contribution in [0.3, 0.4) is 0 Å². The molecular weight excluding hydrogens is 428 g/mol. The van der Waals surface area contributed by atoms with Crippen molar-refractivity contribution in [2.45, 2.75) is 50.8 Å². The molecule has 34 heavy (non-hydrogen) atoms. The second-order valence-corrected chi connectivity index (χ2v) is 8.66. The van der Waals surface area contributed by atoms with E-state index < -0.39 is 6.04 Å². The number of aromatic nitrogens is 1. The number of carbonyl (C=O) groups excluding carboxylic acids is 1. The summed E-state index contributed by atoms with van der Waals surface area (Å²) in [6, 6.07) is 15.5. The fourth-order valence-corrected chi connectivity index (χ4v) is 4.50. The molecule has 1 aromatic heterocycles. The number of urea groups is 1. The molecule has 1 aliphatic rings. The summed E-state index contributed by atoms with van der Waals surface area (Å²) in [6.07, 6.45) is 7.58. The van der Waals surface area contributed by atoms with Crippen molar-refractivity contribution in [3.05, 3.63) is 83.7 Å². The zero-order valence-electron chi connectivity index (χ0n) is 19.0. The summed E-state index contributed by atoms with van der Waals surface area (Å²) in [5.74, 6) is 0.0374. The Balaban J connectivity index is 1.65. The van der Waals surface area contributed by atoms with Gasteiger partial charge in [0.25, 0.3) is 0 Å². The van der Waals surface area contributed by atoms with Crippen LogP contribution in [0.4, 0.5) is 4.79 Å². The lowest BCUT2D eigenvalue weighted by atomic mass is 9.92. The number of amides is 2. The van der Waals surface area contributed by atoms with Crippen LogP contribution in [-0.4, -0.2) is 33.0 Å². The zero-order chi connectivity index (χ0) is 23.9. The van der Waals surface area contributed by atoms with Crippen LogP contribution in [0.2, 0.25) is 0 Å². The Morgan fingerprint density at radius 3 is 2.65 bits per heavy atom. The average molecular weight is 459 g/mol. The molecule has 1 aliphatic carbocycles. The first-order chi connectivity index (χ1) is 16.5. The molecule has 2 aromatic carbocycles. The summed E-state index contributed by atoms with van der Waals surface area (Å²) in [5, 5.41) is 35.1. The molecule has 7 nitrogen and oxygen atoms in total. The lowest BCUT2D eigenvalue weighted by molar-refractivity contribution is 0.233. The molecule has 0 saturated heterocycles. The van der Waals surface area contributed by atoms with E-state index in [1.165, 1.54) is 0 Å². The van der Waals surface area contributed by atoms with Crippen molar-refractivity contribution in [3.63, 3.8) is 0 Å². The van der Waals surface area contributed by atoms with Gasteiger partial charge in [-0.3, -0.25) is 4.98 Å². The molecule has 0 bridgehead atoms. The van der Waals surface area contributed by atoms with Gasteiger partial charge in [0.2, 0.25) is 0 Å². The molecule has 2 amide bonds. The van der Waals surface area contributed by atoms with Gasteiger partial charge < -0.3 is 26.3 Å². The van der Waals surface area contributed by atoms with Crippen LogP contribution in [0, 0.1) is 5.41 Å². The summed E-state index contributed by atoms with van der Waals surface area (Å²) >= 11 is 0. The summed E-state index contributed by atoms with van der Waals surface area (Å²) < 4.78 is 0. The van der Waals surface area contributed by atoms with Gasteiger partial charge in [0, 0.05) is 41.7 Å². The van der Waals surface area contributed by atoms with Crippen molar-refractivity contribution in [2.24, 2.45) is 0 Å². The highest BCUT2D eigenvalue weighted by atomic mass is 16.3. The van der Waals surface area contributed by atoms with Crippen LogP contribution < -0.4 is 10.6 Å². The predicted molar refractivity (Wildman–Crippen MR) is 132 cm³/mol. The number of aliphatic hydroxyl groups is 1. The first kappa shape index (κ1) is 23.4. The zero-order valence-corrected chi connectivity index (χ0v) is 19.0. The minimum atomic E-state index is -0.629. The van der Waals surface area contributed by atoms with E-state index in [-0.39, 0.29) is 30.9 Å².